The number of nitrogens with zero attached hydrogens (tertiary/aromatic N) is 3. The fourth-order valence-corrected chi connectivity index (χ4v) is 5.45. The van der Waals surface area contributed by atoms with Crippen molar-refractivity contribution in [3.63, 3.8) is 0 Å². The lowest BCUT2D eigenvalue weighted by molar-refractivity contribution is -0.134. The van der Waals surface area contributed by atoms with E-state index >= 15 is 0 Å². The van der Waals surface area contributed by atoms with Crippen molar-refractivity contribution in [1.29, 1.82) is 0 Å². The molecular weight excluding hydrogens is 422 g/mol. The summed E-state index contributed by atoms with van der Waals surface area (Å²) in [5, 5.41) is 2.88. The molecule has 5 aromatic rings. The number of aromatic nitrogens is 2. The number of furan rings is 1. The molecule has 0 saturated heterocycles. The molecule has 1 atom stereocenters. The molecule has 32 heavy (non-hydrogen) atoms. The maximum atomic E-state index is 13.5. The zero-order valence-corrected chi connectivity index (χ0v) is 17.9. The van der Waals surface area contributed by atoms with Gasteiger partial charge in [-0.25, -0.2) is 4.98 Å². The van der Waals surface area contributed by atoms with E-state index in [4.69, 9.17) is 4.42 Å². The summed E-state index contributed by atoms with van der Waals surface area (Å²) < 4.78 is 7.10. The molecule has 0 N–H and O–H groups in total. The lowest BCUT2D eigenvalue weighted by Gasteiger charge is -2.36. The number of benzene rings is 2. The predicted molar refractivity (Wildman–Crippen MR) is 124 cm³/mol. The van der Waals surface area contributed by atoms with Gasteiger partial charge in [0.15, 0.2) is 0 Å². The molecule has 1 aliphatic heterocycles. The third-order valence-electron chi connectivity index (χ3n) is 6.06. The second kappa shape index (κ2) is 7.46. The van der Waals surface area contributed by atoms with Gasteiger partial charge in [-0.05, 0) is 41.1 Å². The molecule has 4 heterocycles. The predicted octanol–water partition coefficient (Wildman–Crippen LogP) is 4.38. The lowest BCUT2D eigenvalue weighted by Crippen LogP contribution is -2.42. The summed E-state index contributed by atoms with van der Waals surface area (Å²) in [4.78, 5) is 34.2. The minimum Gasteiger partial charge on any atom is -0.448 e. The number of hydrogen-bond donors (Lipinski definition) is 0. The summed E-state index contributed by atoms with van der Waals surface area (Å²) in [7, 11) is 0. The Bertz CT molecular complexity index is 1520. The van der Waals surface area contributed by atoms with E-state index in [2.05, 4.69) is 16.4 Å². The minimum absolute atomic E-state index is 0.0817. The van der Waals surface area contributed by atoms with Crippen molar-refractivity contribution in [2.45, 2.75) is 19.0 Å². The minimum atomic E-state index is -0.343. The number of fused-ring (bicyclic) bond motifs is 4. The maximum Gasteiger partial charge on any atom is 0.297 e. The van der Waals surface area contributed by atoms with Crippen molar-refractivity contribution in [2.24, 2.45) is 0 Å². The van der Waals surface area contributed by atoms with E-state index in [1.807, 2.05) is 59.5 Å². The summed E-state index contributed by atoms with van der Waals surface area (Å²) in [6.45, 7) is 0.530. The summed E-state index contributed by atoms with van der Waals surface area (Å²) in [6.07, 6.45) is 2.26. The molecule has 0 aliphatic carbocycles. The van der Waals surface area contributed by atoms with Gasteiger partial charge in [-0.3, -0.25) is 14.2 Å². The quantitative estimate of drug-likeness (QED) is 0.417. The Morgan fingerprint density at radius 1 is 1.09 bits per heavy atom. The lowest BCUT2D eigenvalue weighted by atomic mass is 9.93. The Balaban J connectivity index is 1.37. The molecule has 6 nitrogen and oxygen atoms in total. The number of para-hydroxylation sites is 1. The highest BCUT2D eigenvalue weighted by atomic mass is 32.1. The van der Waals surface area contributed by atoms with E-state index in [-0.39, 0.29) is 29.6 Å². The van der Waals surface area contributed by atoms with Crippen LogP contribution in [0.15, 0.2) is 81.6 Å². The van der Waals surface area contributed by atoms with Crippen LogP contribution in [0.5, 0.6) is 0 Å². The first-order valence-corrected chi connectivity index (χ1v) is 11.4. The first kappa shape index (κ1) is 19.0. The summed E-state index contributed by atoms with van der Waals surface area (Å²) >= 11 is 1.73. The van der Waals surface area contributed by atoms with Crippen molar-refractivity contribution in [1.82, 2.24) is 14.5 Å². The second-order valence-corrected chi connectivity index (χ2v) is 8.90. The molecule has 1 amide bonds. The highest BCUT2D eigenvalue weighted by Gasteiger charge is 2.33. The van der Waals surface area contributed by atoms with Crippen LogP contribution in [0, 0.1) is 0 Å². The molecule has 0 spiro atoms. The van der Waals surface area contributed by atoms with Gasteiger partial charge < -0.3 is 9.32 Å². The molecule has 7 heteroatoms. The zero-order chi connectivity index (χ0) is 21.7. The monoisotopic (exact) mass is 441 g/mol. The van der Waals surface area contributed by atoms with Crippen LogP contribution in [-0.4, -0.2) is 26.9 Å². The number of rotatable bonds is 3. The SMILES string of the molecule is O=C(Cn1cnc2c(oc3ccccc32)c1=O)N1CCc2sccc2[C@@H]1c1ccccc1. The molecule has 0 saturated carbocycles. The van der Waals surface area contributed by atoms with Crippen LogP contribution in [0.3, 0.4) is 0 Å². The Hall–Kier alpha value is -3.71. The molecular formula is C25H19N3O3S. The molecule has 3 aromatic heterocycles. The second-order valence-electron chi connectivity index (χ2n) is 7.90. The summed E-state index contributed by atoms with van der Waals surface area (Å²) in [5.41, 5.74) is 3.21. The van der Waals surface area contributed by atoms with Crippen molar-refractivity contribution >= 4 is 39.3 Å². The van der Waals surface area contributed by atoms with Crippen molar-refractivity contribution < 1.29 is 9.21 Å². The zero-order valence-electron chi connectivity index (χ0n) is 17.1. The Kier molecular flexibility index (Phi) is 4.43. The van der Waals surface area contributed by atoms with Crippen LogP contribution in [0.2, 0.25) is 0 Å². The Labute approximate surface area is 187 Å². The Morgan fingerprint density at radius 2 is 1.91 bits per heavy atom. The van der Waals surface area contributed by atoms with Crippen LogP contribution in [0.4, 0.5) is 0 Å². The van der Waals surface area contributed by atoms with Crippen LogP contribution < -0.4 is 5.56 Å². The van der Waals surface area contributed by atoms with Crippen LogP contribution >= 0.6 is 11.3 Å². The van der Waals surface area contributed by atoms with E-state index in [0.717, 1.165) is 17.4 Å². The standard InChI is InChI=1S/C25H19N3O3S/c29-21(14-27-15-26-22-17-8-4-5-9-19(17)31-24(22)25(27)30)28-12-10-20-18(11-13-32-20)23(28)16-6-2-1-3-7-16/h1-9,11,13,15,23H,10,12,14H2/t23-/m0/s1. The average molecular weight is 442 g/mol. The van der Waals surface area contributed by atoms with E-state index in [1.165, 1.54) is 21.3 Å². The number of carbonyl (C=O) groups excluding carboxylic acids is 1. The van der Waals surface area contributed by atoms with E-state index in [1.54, 1.807) is 11.3 Å². The molecule has 6 rings (SSSR count). The maximum absolute atomic E-state index is 13.5. The highest BCUT2D eigenvalue weighted by Crippen LogP contribution is 2.37. The normalized spacial score (nSPS) is 15.9. The average Bonchev–Trinajstić information content (AvgIpc) is 3.46. The molecule has 0 bridgehead atoms. The topological polar surface area (TPSA) is 68.3 Å². The van der Waals surface area contributed by atoms with E-state index in [0.29, 0.717) is 17.6 Å². The van der Waals surface area contributed by atoms with E-state index in [9.17, 15) is 9.59 Å². The van der Waals surface area contributed by atoms with Crippen LogP contribution in [0.25, 0.3) is 22.1 Å². The molecule has 0 unspecified atom stereocenters. The smallest absolute Gasteiger partial charge is 0.297 e. The molecule has 0 fully saturated rings. The number of hydrogen-bond acceptors (Lipinski definition) is 5. The summed E-state index contributed by atoms with van der Waals surface area (Å²) in [6, 6.07) is 19.4. The first-order chi connectivity index (χ1) is 15.7. The van der Waals surface area contributed by atoms with E-state index < -0.39 is 0 Å². The van der Waals surface area contributed by atoms with Gasteiger partial charge in [0.05, 0.1) is 12.4 Å². The van der Waals surface area contributed by atoms with Crippen LogP contribution in [0.1, 0.15) is 22.0 Å². The molecule has 158 valence electrons. The van der Waals surface area contributed by atoms with Crippen LogP contribution in [-0.2, 0) is 17.8 Å². The number of amides is 1. The van der Waals surface area contributed by atoms with Gasteiger partial charge in [0.1, 0.15) is 17.6 Å². The summed E-state index contributed by atoms with van der Waals surface area (Å²) in [5.74, 6) is -0.116. The highest BCUT2D eigenvalue weighted by molar-refractivity contribution is 7.10. The molecule has 1 aliphatic rings. The molecule has 2 aromatic carbocycles. The van der Waals surface area contributed by atoms with Gasteiger partial charge in [-0.1, -0.05) is 42.5 Å². The van der Waals surface area contributed by atoms with Gasteiger partial charge in [0.25, 0.3) is 5.56 Å². The third kappa shape index (κ3) is 2.97. The number of carbonyl (C=O) groups is 1. The van der Waals surface area contributed by atoms with Crippen molar-refractivity contribution in [2.75, 3.05) is 6.54 Å². The van der Waals surface area contributed by atoms with Gasteiger partial charge >= 0.3 is 0 Å². The van der Waals surface area contributed by atoms with Gasteiger partial charge in [-0.2, -0.15) is 0 Å². The van der Waals surface area contributed by atoms with Gasteiger partial charge in [0.2, 0.25) is 11.5 Å². The third-order valence-corrected chi connectivity index (χ3v) is 7.05. The fourth-order valence-electron chi connectivity index (χ4n) is 4.54. The Morgan fingerprint density at radius 3 is 2.78 bits per heavy atom. The van der Waals surface area contributed by atoms with Crippen molar-refractivity contribution in [3.8, 4) is 0 Å². The van der Waals surface area contributed by atoms with Gasteiger partial charge in [0, 0.05) is 16.8 Å². The first-order valence-electron chi connectivity index (χ1n) is 10.5. The fraction of sp³-hybridized carbons (Fsp3) is 0.160. The molecule has 0 radical (unpaired) electrons. The van der Waals surface area contributed by atoms with Crippen molar-refractivity contribution in [3.05, 3.63) is 98.7 Å². The number of thiophene rings is 1. The largest absolute Gasteiger partial charge is 0.448 e. The van der Waals surface area contributed by atoms with Gasteiger partial charge in [-0.15, -0.1) is 11.3 Å².